The van der Waals surface area contributed by atoms with Crippen LogP contribution < -0.4 is 0 Å². The van der Waals surface area contributed by atoms with Gasteiger partial charge in [-0.25, -0.2) is 9.78 Å². The highest BCUT2D eigenvalue weighted by Gasteiger charge is 2.21. The molecule has 0 fully saturated rings. The molecule has 1 aromatic carbocycles. The Morgan fingerprint density at radius 3 is 2.75 bits per heavy atom. The molecule has 0 unspecified atom stereocenters. The van der Waals surface area contributed by atoms with Gasteiger partial charge < -0.3 is 5.11 Å². The van der Waals surface area contributed by atoms with Gasteiger partial charge in [-0.05, 0) is 24.3 Å². The third-order valence-electron chi connectivity index (χ3n) is 2.34. The van der Waals surface area contributed by atoms with Gasteiger partial charge in [0, 0.05) is 6.20 Å². The maximum Gasteiger partial charge on any atom is 0.338 e. The molecule has 0 radical (unpaired) electrons. The number of benzene rings is 1. The first-order valence-corrected chi connectivity index (χ1v) is 6.49. The molecule has 0 saturated carbocycles. The zero-order chi connectivity index (χ0) is 14.7. The van der Waals surface area contributed by atoms with Gasteiger partial charge in [0.1, 0.15) is 10.0 Å². The average molecular weight is 311 g/mol. The van der Waals surface area contributed by atoms with Gasteiger partial charge >= 0.3 is 11.7 Å². The van der Waals surface area contributed by atoms with Gasteiger partial charge in [-0.2, -0.15) is 0 Å². The summed E-state index contributed by atoms with van der Waals surface area (Å²) in [7, 11) is 0. The largest absolute Gasteiger partial charge is 0.478 e. The third kappa shape index (κ3) is 2.89. The average Bonchev–Trinajstić information content (AvgIpc) is 2.38. The molecule has 0 amide bonds. The number of carbonyl (C=O) groups is 1. The van der Waals surface area contributed by atoms with Crippen LogP contribution in [0.4, 0.5) is 5.69 Å². The van der Waals surface area contributed by atoms with Crippen LogP contribution in [0.3, 0.4) is 0 Å². The Hall–Kier alpha value is -2.12. The van der Waals surface area contributed by atoms with Crippen LogP contribution in [0.2, 0.25) is 5.02 Å². The molecule has 0 bridgehead atoms. The predicted octanol–water partition coefficient (Wildman–Crippen LogP) is 3.49. The van der Waals surface area contributed by atoms with E-state index >= 15 is 0 Å². The summed E-state index contributed by atoms with van der Waals surface area (Å²) < 4.78 is 0. The molecule has 2 aromatic rings. The molecule has 0 aliphatic carbocycles. The second kappa shape index (κ2) is 5.89. The van der Waals surface area contributed by atoms with Gasteiger partial charge in [0.05, 0.1) is 15.4 Å². The van der Waals surface area contributed by atoms with E-state index in [4.69, 9.17) is 16.7 Å². The number of aromatic nitrogens is 1. The SMILES string of the molecule is O=C(O)c1cccnc1Sc1cccc(Cl)c1[N+](=O)[O-]. The highest BCUT2D eigenvalue weighted by atomic mass is 35.5. The van der Waals surface area contributed by atoms with E-state index < -0.39 is 10.9 Å². The molecule has 1 N–H and O–H groups in total. The number of nitro benzene ring substituents is 1. The smallest absolute Gasteiger partial charge is 0.338 e. The number of hydrogen-bond donors (Lipinski definition) is 1. The second-order valence-electron chi connectivity index (χ2n) is 3.61. The lowest BCUT2D eigenvalue weighted by Gasteiger charge is -2.05. The van der Waals surface area contributed by atoms with Crippen molar-refractivity contribution in [1.82, 2.24) is 4.98 Å². The Kier molecular flexibility index (Phi) is 4.21. The standard InChI is InChI=1S/C12H7ClN2O4S/c13-8-4-1-5-9(10(8)15(18)19)20-11-7(12(16)17)3-2-6-14-11/h1-6H,(H,16,17). The van der Waals surface area contributed by atoms with Crippen molar-refractivity contribution in [3.05, 3.63) is 57.2 Å². The van der Waals surface area contributed by atoms with E-state index in [0.717, 1.165) is 11.8 Å². The van der Waals surface area contributed by atoms with Crippen LogP contribution in [-0.2, 0) is 0 Å². The predicted molar refractivity (Wildman–Crippen MR) is 73.4 cm³/mol. The van der Waals surface area contributed by atoms with E-state index in [1.165, 1.54) is 30.5 Å². The van der Waals surface area contributed by atoms with E-state index in [0.29, 0.717) is 0 Å². The summed E-state index contributed by atoms with van der Waals surface area (Å²) in [6.45, 7) is 0. The first kappa shape index (κ1) is 14.3. The molecular formula is C12H7ClN2O4S. The quantitative estimate of drug-likeness (QED) is 0.686. The third-order valence-corrected chi connectivity index (χ3v) is 3.71. The Morgan fingerprint density at radius 2 is 2.10 bits per heavy atom. The zero-order valence-electron chi connectivity index (χ0n) is 9.82. The van der Waals surface area contributed by atoms with Gasteiger partial charge in [0.25, 0.3) is 0 Å². The molecule has 8 heteroatoms. The van der Waals surface area contributed by atoms with Gasteiger partial charge in [-0.3, -0.25) is 10.1 Å². The van der Waals surface area contributed by atoms with E-state index in [9.17, 15) is 14.9 Å². The Labute approximate surface area is 122 Å². The number of carboxylic acids is 1. The highest BCUT2D eigenvalue weighted by molar-refractivity contribution is 7.99. The fourth-order valence-electron chi connectivity index (χ4n) is 1.49. The van der Waals surface area contributed by atoms with Crippen molar-refractivity contribution in [3.63, 3.8) is 0 Å². The van der Waals surface area contributed by atoms with Crippen molar-refractivity contribution in [3.8, 4) is 0 Å². The maximum atomic E-state index is 11.1. The van der Waals surface area contributed by atoms with Gasteiger partial charge in [-0.15, -0.1) is 0 Å². The molecule has 0 spiro atoms. The van der Waals surface area contributed by atoms with Gasteiger partial charge in [0.15, 0.2) is 0 Å². The molecule has 0 aliphatic rings. The van der Waals surface area contributed by atoms with Crippen LogP contribution in [0.15, 0.2) is 46.5 Å². The molecule has 20 heavy (non-hydrogen) atoms. The molecule has 2 rings (SSSR count). The number of aromatic carboxylic acids is 1. The van der Waals surface area contributed by atoms with E-state index in [1.807, 2.05) is 0 Å². The van der Waals surface area contributed by atoms with Crippen molar-refractivity contribution in [1.29, 1.82) is 0 Å². The van der Waals surface area contributed by atoms with Crippen LogP contribution in [0.25, 0.3) is 0 Å². The Bertz CT molecular complexity index is 693. The summed E-state index contributed by atoms with van der Waals surface area (Å²) in [5.41, 5.74) is -0.284. The summed E-state index contributed by atoms with van der Waals surface area (Å²) in [4.78, 5) is 25.7. The van der Waals surface area contributed by atoms with Crippen LogP contribution in [0, 0.1) is 10.1 Å². The lowest BCUT2D eigenvalue weighted by Crippen LogP contribution is -2.00. The number of carboxylic acid groups (broad SMARTS) is 1. The monoisotopic (exact) mass is 310 g/mol. The number of nitrogens with zero attached hydrogens (tertiary/aromatic N) is 2. The van der Waals surface area contributed by atoms with Crippen LogP contribution in [0.5, 0.6) is 0 Å². The van der Waals surface area contributed by atoms with Crippen LogP contribution in [-0.4, -0.2) is 21.0 Å². The van der Waals surface area contributed by atoms with Crippen molar-refractivity contribution in [2.24, 2.45) is 0 Å². The van der Waals surface area contributed by atoms with Crippen molar-refractivity contribution in [2.75, 3.05) is 0 Å². The topological polar surface area (TPSA) is 93.3 Å². The number of hydrogen-bond acceptors (Lipinski definition) is 5. The minimum Gasteiger partial charge on any atom is -0.478 e. The summed E-state index contributed by atoms with van der Waals surface area (Å²) in [6, 6.07) is 7.32. The lowest BCUT2D eigenvalue weighted by atomic mass is 10.3. The van der Waals surface area contributed by atoms with Gasteiger partial charge in [0.2, 0.25) is 0 Å². The molecular weight excluding hydrogens is 304 g/mol. The lowest BCUT2D eigenvalue weighted by molar-refractivity contribution is -0.387. The number of para-hydroxylation sites is 1. The normalized spacial score (nSPS) is 10.2. The summed E-state index contributed by atoms with van der Waals surface area (Å²) in [5.74, 6) is -1.15. The van der Waals surface area contributed by atoms with Crippen molar-refractivity contribution < 1.29 is 14.8 Å². The maximum absolute atomic E-state index is 11.1. The first-order chi connectivity index (χ1) is 9.50. The number of pyridine rings is 1. The molecule has 102 valence electrons. The Morgan fingerprint density at radius 1 is 1.35 bits per heavy atom. The van der Waals surface area contributed by atoms with E-state index in [1.54, 1.807) is 6.07 Å². The fraction of sp³-hybridized carbons (Fsp3) is 0. The Balaban J connectivity index is 2.49. The first-order valence-electron chi connectivity index (χ1n) is 5.29. The minimum absolute atomic E-state index is 0.00666. The zero-order valence-corrected chi connectivity index (χ0v) is 11.4. The highest BCUT2D eigenvalue weighted by Crippen LogP contribution is 2.39. The molecule has 6 nitrogen and oxygen atoms in total. The van der Waals surface area contributed by atoms with Crippen LogP contribution in [0.1, 0.15) is 10.4 Å². The number of rotatable bonds is 4. The van der Waals surface area contributed by atoms with Crippen molar-refractivity contribution in [2.45, 2.75) is 9.92 Å². The van der Waals surface area contributed by atoms with Gasteiger partial charge in [-0.1, -0.05) is 29.4 Å². The fourth-order valence-corrected chi connectivity index (χ4v) is 2.81. The molecule has 1 aromatic heterocycles. The minimum atomic E-state index is -1.15. The summed E-state index contributed by atoms with van der Waals surface area (Å²) >= 11 is 6.69. The van der Waals surface area contributed by atoms with Crippen LogP contribution >= 0.6 is 23.4 Å². The molecule has 0 saturated heterocycles. The van der Waals surface area contributed by atoms with Crippen molar-refractivity contribution >= 4 is 35.0 Å². The van der Waals surface area contributed by atoms with E-state index in [2.05, 4.69) is 4.98 Å². The molecule has 0 atom stereocenters. The molecule has 0 aliphatic heterocycles. The second-order valence-corrected chi connectivity index (χ2v) is 5.04. The summed E-state index contributed by atoms with van der Waals surface area (Å²) in [5, 5.41) is 20.3. The number of nitro groups is 1. The summed E-state index contributed by atoms with van der Waals surface area (Å²) in [6.07, 6.45) is 1.42. The molecule has 1 heterocycles. The van der Waals surface area contributed by atoms with E-state index in [-0.39, 0.29) is 26.2 Å². The number of halogens is 1.